The number of hydrogen-bond acceptors (Lipinski definition) is 6. The molecule has 2 aromatic rings. The summed E-state index contributed by atoms with van der Waals surface area (Å²) in [5.41, 5.74) is 6.43. The van der Waals surface area contributed by atoms with Gasteiger partial charge in [-0.15, -0.1) is 0 Å². The summed E-state index contributed by atoms with van der Waals surface area (Å²) in [6, 6.07) is 2.72. The number of amides is 1. The van der Waals surface area contributed by atoms with Gasteiger partial charge in [0.15, 0.2) is 0 Å². The summed E-state index contributed by atoms with van der Waals surface area (Å²) < 4.78 is 1.50. The summed E-state index contributed by atoms with van der Waals surface area (Å²) >= 11 is 0.830. The third kappa shape index (κ3) is 2.71. The molecular formula is C10H11N5O3S. The molecule has 0 aliphatic heterocycles. The van der Waals surface area contributed by atoms with Crippen molar-refractivity contribution in [2.75, 3.05) is 5.73 Å². The molecule has 0 saturated carbocycles. The third-order valence-corrected chi connectivity index (χ3v) is 3.54. The van der Waals surface area contributed by atoms with Crippen molar-refractivity contribution in [3.8, 4) is 0 Å². The number of nitrogens with two attached hydrogens (primary N) is 1. The Kier molecular flexibility index (Phi) is 3.47. The van der Waals surface area contributed by atoms with Crippen LogP contribution in [-0.2, 0) is 13.6 Å². The zero-order chi connectivity index (χ0) is 14.0. The predicted molar refractivity (Wildman–Crippen MR) is 69.8 cm³/mol. The molecule has 0 radical (unpaired) electrons. The Morgan fingerprint density at radius 3 is 2.89 bits per heavy atom. The van der Waals surface area contributed by atoms with Crippen LogP contribution in [0.1, 0.15) is 15.2 Å². The number of rotatable bonds is 4. The van der Waals surface area contributed by atoms with Crippen molar-refractivity contribution in [1.29, 1.82) is 0 Å². The van der Waals surface area contributed by atoms with Gasteiger partial charge in [-0.05, 0) is 6.07 Å². The highest BCUT2D eigenvalue weighted by molar-refractivity contribution is 7.17. The maximum Gasteiger partial charge on any atom is 0.324 e. The van der Waals surface area contributed by atoms with Crippen LogP contribution in [0.3, 0.4) is 0 Å². The van der Waals surface area contributed by atoms with Crippen LogP contribution in [-0.4, -0.2) is 20.6 Å². The molecule has 2 aromatic heterocycles. The lowest BCUT2D eigenvalue weighted by Crippen LogP contribution is -2.22. The molecule has 0 saturated heterocycles. The Balaban J connectivity index is 2.01. The van der Waals surface area contributed by atoms with Crippen LogP contribution < -0.4 is 11.1 Å². The van der Waals surface area contributed by atoms with Crippen molar-refractivity contribution < 1.29 is 9.72 Å². The summed E-state index contributed by atoms with van der Waals surface area (Å²) in [4.78, 5) is 22.1. The molecule has 8 nitrogen and oxygen atoms in total. The van der Waals surface area contributed by atoms with Gasteiger partial charge in [-0.1, -0.05) is 11.3 Å². The van der Waals surface area contributed by atoms with Crippen LogP contribution in [0.5, 0.6) is 0 Å². The molecule has 0 bridgehead atoms. The van der Waals surface area contributed by atoms with Crippen molar-refractivity contribution in [2.45, 2.75) is 6.54 Å². The molecule has 0 atom stereocenters. The summed E-state index contributed by atoms with van der Waals surface area (Å²) in [5, 5.41) is 17.0. The molecule has 0 aliphatic rings. The van der Waals surface area contributed by atoms with E-state index in [0.29, 0.717) is 11.4 Å². The summed E-state index contributed by atoms with van der Waals surface area (Å²) in [5.74, 6) is 0.0961. The minimum Gasteiger partial charge on any atom is -0.384 e. The van der Waals surface area contributed by atoms with Crippen molar-refractivity contribution in [3.05, 3.63) is 38.9 Å². The highest BCUT2D eigenvalue weighted by Crippen LogP contribution is 2.23. The van der Waals surface area contributed by atoms with Crippen molar-refractivity contribution in [2.24, 2.45) is 7.05 Å². The number of aryl methyl sites for hydroxylation is 1. The molecule has 0 spiro atoms. The van der Waals surface area contributed by atoms with Crippen molar-refractivity contribution in [3.63, 3.8) is 0 Å². The fourth-order valence-electron chi connectivity index (χ4n) is 1.44. The van der Waals surface area contributed by atoms with Gasteiger partial charge in [0.1, 0.15) is 5.82 Å². The maximum atomic E-state index is 11.8. The topological polar surface area (TPSA) is 116 Å². The first-order valence-corrected chi connectivity index (χ1v) is 6.09. The Morgan fingerprint density at radius 2 is 2.37 bits per heavy atom. The molecule has 1 amide bonds. The monoisotopic (exact) mass is 281 g/mol. The van der Waals surface area contributed by atoms with Crippen molar-refractivity contribution in [1.82, 2.24) is 15.1 Å². The van der Waals surface area contributed by atoms with Crippen LogP contribution in [0.25, 0.3) is 0 Å². The van der Waals surface area contributed by atoms with E-state index in [1.807, 2.05) is 0 Å². The fourth-order valence-corrected chi connectivity index (χ4v) is 2.18. The summed E-state index contributed by atoms with van der Waals surface area (Å²) in [6.45, 7) is 0.226. The number of nitro groups is 1. The molecule has 2 rings (SSSR count). The van der Waals surface area contributed by atoms with Crippen LogP contribution in [0.15, 0.2) is 18.3 Å². The summed E-state index contributed by atoms with van der Waals surface area (Å²) in [7, 11) is 1.70. The normalized spacial score (nSPS) is 10.4. The quantitative estimate of drug-likeness (QED) is 0.638. The van der Waals surface area contributed by atoms with Gasteiger partial charge in [0.25, 0.3) is 5.91 Å². The van der Waals surface area contributed by atoms with Gasteiger partial charge in [0.05, 0.1) is 16.0 Å². The predicted octanol–water partition coefficient (Wildman–Crippen LogP) is 0.902. The molecule has 9 heteroatoms. The van der Waals surface area contributed by atoms with Crippen LogP contribution in [0, 0.1) is 10.1 Å². The average Bonchev–Trinajstić information content (AvgIpc) is 2.97. The number of anilines is 1. The van der Waals surface area contributed by atoms with Gasteiger partial charge >= 0.3 is 5.00 Å². The second-order valence-corrected chi connectivity index (χ2v) is 4.82. The number of nitrogens with one attached hydrogen (secondary N) is 1. The molecule has 3 N–H and O–H groups in total. The first-order valence-electron chi connectivity index (χ1n) is 5.28. The first-order chi connectivity index (χ1) is 8.99. The molecule has 0 fully saturated rings. The number of hydrogen-bond donors (Lipinski definition) is 2. The van der Waals surface area contributed by atoms with E-state index < -0.39 is 4.92 Å². The van der Waals surface area contributed by atoms with Crippen molar-refractivity contribution >= 4 is 28.1 Å². The van der Waals surface area contributed by atoms with E-state index in [0.717, 1.165) is 11.3 Å². The molecule has 0 aromatic carbocycles. The van der Waals surface area contributed by atoms with E-state index >= 15 is 0 Å². The van der Waals surface area contributed by atoms with E-state index in [-0.39, 0.29) is 22.3 Å². The smallest absolute Gasteiger partial charge is 0.324 e. The highest BCUT2D eigenvalue weighted by atomic mass is 32.1. The number of nitrogen functional groups attached to an aromatic ring is 1. The Morgan fingerprint density at radius 1 is 1.63 bits per heavy atom. The van der Waals surface area contributed by atoms with Crippen LogP contribution >= 0.6 is 11.3 Å². The van der Waals surface area contributed by atoms with E-state index in [2.05, 4.69) is 10.4 Å². The van der Waals surface area contributed by atoms with Gasteiger partial charge in [-0.2, -0.15) is 5.10 Å². The van der Waals surface area contributed by atoms with Gasteiger partial charge in [0, 0.05) is 25.2 Å². The standard InChI is InChI=1S/C10H11N5O3S/c1-14-9(11)6(5-13-14)4-12-10(16)7-2-3-8(19-7)15(17)18/h2-3,5H,4,11H2,1H3,(H,12,16). The SMILES string of the molecule is Cn1ncc(CNC(=O)c2ccc([N+](=O)[O-])s2)c1N. The van der Waals surface area contributed by atoms with Gasteiger partial charge in [0.2, 0.25) is 0 Å². The minimum absolute atomic E-state index is 0.0639. The van der Waals surface area contributed by atoms with E-state index in [4.69, 9.17) is 5.73 Å². The zero-order valence-corrected chi connectivity index (χ0v) is 10.8. The first kappa shape index (κ1) is 13.0. The molecule has 0 aliphatic carbocycles. The second-order valence-electron chi connectivity index (χ2n) is 3.76. The maximum absolute atomic E-state index is 11.8. The lowest BCUT2D eigenvalue weighted by atomic mass is 10.3. The fraction of sp³-hybridized carbons (Fsp3) is 0.200. The highest BCUT2D eigenvalue weighted by Gasteiger charge is 2.15. The number of carbonyl (C=O) groups is 1. The largest absolute Gasteiger partial charge is 0.384 e. The van der Waals surface area contributed by atoms with E-state index in [1.165, 1.54) is 16.8 Å². The van der Waals surface area contributed by atoms with E-state index in [1.54, 1.807) is 13.2 Å². The third-order valence-electron chi connectivity index (χ3n) is 2.50. The van der Waals surface area contributed by atoms with Gasteiger partial charge < -0.3 is 11.1 Å². The van der Waals surface area contributed by atoms with Crippen LogP contribution in [0.4, 0.5) is 10.8 Å². The van der Waals surface area contributed by atoms with Gasteiger partial charge in [-0.3, -0.25) is 19.6 Å². The number of aromatic nitrogens is 2. The number of carbonyl (C=O) groups excluding carboxylic acids is 1. The number of thiophene rings is 1. The molecule has 100 valence electrons. The molecular weight excluding hydrogens is 270 g/mol. The average molecular weight is 281 g/mol. The van der Waals surface area contributed by atoms with E-state index in [9.17, 15) is 14.9 Å². The van der Waals surface area contributed by atoms with Crippen LogP contribution in [0.2, 0.25) is 0 Å². The molecule has 19 heavy (non-hydrogen) atoms. The molecule has 0 unspecified atom stereocenters. The summed E-state index contributed by atoms with van der Waals surface area (Å²) in [6.07, 6.45) is 1.56. The lowest BCUT2D eigenvalue weighted by Gasteiger charge is -2.02. The Hall–Kier alpha value is -2.42. The minimum atomic E-state index is -0.527. The second kappa shape index (κ2) is 5.06. The lowest BCUT2D eigenvalue weighted by molar-refractivity contribution is -0.380. The molecule has 2 heterocycles. The van der Waals surface area contributed by atoms with Gasteiger partial charge in [-0.25, -0.2) is 0 Å². The Bertz CT molecular complexity index is 633. The number of nitrogens with zero attached hydrogens (tertiary/aromatic N) is 3. The zero-order valence-electron chi connectivity index (χ0n) is 9.99. The Labute approximate surface area is 112 Å².